The summed E-state index contributed by atoms with van der Waals surface area (Å²) in [6.45, 7) is 1.97. The summed E-state index contributed by atoms with van der Waals surface area (Å²) in [7, 11) is 1.45. The Hall–Kier alpha value is -0.900. The molecule has 0 fully saturated rings. The second-order valence-corrected chi connectivity index (χ2v) is 2.89. The smallest absolute Gasteiger partial charge is 0.213 e. The number of nitrogens with one attached hydrogen (secondary N) is 1. The number of ether oxygens (including phenoxy) is 1. The first-order valence-electron chi connectivity index (χ1n) is 4.26. The van der Waals surface area contributed by atoms with Crippen LogP contribution in [0.15, 0.2) is 30.3 Å². The van der Waals surface area contributed by atoms with E-state index in [4.69, 9.17) is 5.11 Å². The Morgan fingerprint density at radius 1 is 1.31 bits per heavy atom. The lowest BCUT2D eigenvalue weighted by Crippen LogP contribution is -2.32. The molecular weight excluding hydrogens is 166 g/mol. The highest BCUT2D eigenvalue weighted by molar-refractivity contribution is 5.17. The predicted molar refractivity (Wildman–Crippen MR) is 51.0 cm³/mol. The molecule has 0 radical (unpaired) electrons. The van der Waals surface area contributed by atoms with Crippen LogP contribution >= 0.6 is 0 Å². The fourth-order valence-corrected chi connectivity index (χ4v) is 1.12. The van der Waals surface area contributed by atoms with Gasteiger partial charge >= 0.3 is 0 Å². The maximum absolute atomic E-state index is 9.16. The minimum Gasteiger partial charge on any atom is -0.356 e. The van der Waals surface area contributed by atoms with Crippen molar-refractivity contribution in [1.29, 1.82) is 0 Å². The molecule has 0 amide bonds. The molecule has 0 saturated heterocycles. The van der Waals surface area contributed by atoms with Crippen LogP contribution in [-0.4, -0.2) is 18.6 Å². The quantitative estimate of drug-likeness (QED) is 0.687. The molecule has 13 heavy (non-hydrogen) atoms. The molecule has 1 unspecified atom stereocenters. The molecule has 0 aliphatic rings. The first kappa shape index (κ1) is 10.2. The van der Waals surface area contributed by atoms with Crippen molar-refractivity contribution in [2.45, 2.75) is 19.4 Å². The van der Waals surface area contributed by atoms with E-state index in [9.17, 15) is 0 Å². The van der Waals surface area contributed by atoms with Crippen LogP contribution in [0.3, 0.4) is 0 Å². The Morgan fingerprint density at radius 3 is 2.46 bits per heavy atom. The molecule has 0 spiro atoms. The Balaban J connectivity index is 2.53. The number of aliphatic hydroxyl groups is 1. The van der Waals surface area contributed by atoms with Crippen molar-refractivity contribution < 1.29 is 9.84 Å². The number of methoxy groups -OCH3 is 1. The van der Waals surface area contributed by atoms with Gasteiger partial charge in [-0.1, -0.05) is 30.3 Å². The highest BCUT2D eigenvalue weighted by atomic mass is 16.6. The van der Waals surface area contributed by atoms with Gasteiger partial charge in [0, 0.05) is 13.2 Å². The van der Waals surface area contributed by atoms with Crippen LogP contribution in [0, 0.1) is 0 Å². The van der Waals surface area contributed by atoms with E-state index in [0.29, 0.717) is 0 Å². The Morgan fingerprint density at radius 2 is 1.92 bits per heavy atom. The van der Waals surface area contributed by atoms with E-state index in [2.05, 4.69) is 10.1 Å². The molecule has 0 saturated carbocycles. The van der Waals surface area contributed by atoms with Gasteiger partial charge in [-0.3, -0.25) is 5.32 Å². The second-order valence-electron chi connectivity index (χ2n) is 2.89. The molecule has 0 aromatic heterocycles. The molecule has 0 aliphatic carbocycles. The molecule has 0 heterocycles. The van der Waals surface area contributed by atoms with E-state index in [1.165, 1.54) is 7.11 Å². The Labute approximate surface area is 78.3 Å². The predicted octanol–water partition coefficient (Wildman–Crippen LogP) is 1.26. The van der Waals surface area contributed by atoms with Gasteiger partial charge in [-0.15, -0.1) is 0 Å². The molecule has 2 N–H and O–H groups in total. The lowest BCUT2D eigenvalue weighted by Gasteiger charge is -2.17. The maximum Gasteiger partial charge on any atom is 0.213 e. The van der Waals surface area contributed by atoms with Crippen molar-refractivity contribution in [3.63, 3.8) is 0 Å². The monoisotopic (exact) mass is 181 g/mol. The minimum atomic E-state index is -0.907. The molecule has 1 aromatic carbocycles. The number of hydrogen-bond donors (Lipinski definition) is 2. The van der Waals surface area contributed by atoms with Crippen molar-refractivity contribution >= 4 is 0 Å². The lowest BCUT2D eigenvalue weighted by molar-refractivity contribution is -0.102. The first-order chi connectivity index (χ1) is 6.24. The van der Waals surface area contributed by atoms with E-state index in [-0.39, 0.29) is 6.04 Å². The summed E-state index contributed by atoms with van der Waals surface area (Å²) in [5.41, 5.74) is 1.12. The highest BCUT2D eigenvalue weighted by Crippen LogP contribution is 2.11. The summed E-state index contributed by atoms with van der Waals surface area (Å²) in [5, 5.41) is 12.0. The van der Waals surface area contributed by atoms with Crippen molar-refractivity contribution in [2.24, 2.45) is 0 Å². The van der Waals surface area contributed by atoms with Gasteiger partial charge in [0.2, 0.25) is 6.41 Å². The van der Waals surface area contributed by atoms with E-state index < -0.39 is 6.41 Å². The Bertz CT molecular complexity index is 238. The zero-order valence-corrected chi connectivity index (χ0v) is 7.90. The van der Waals surface area contributed by atoms with Gasteiger partial charge in [-0.05, 0) is 12.5 Å². The number of aliphatic hydroxyl groups excluding tert-OH is 1. The van der Waals surface area contributed by atoms with Gasteiger partial charge in [0.15, 0.2) is 0 Å². The molecule has 0 aliphatic heterocycles. The zero-order chi connectivity index (χ0) is 9.68. The molecule has 1 aromatic rings. The third-order valence-electron chi connectivity index (χ3n) is 1.92. The van der Waals surface area contributed by atoms with Gasteiger partial charge in [0.05, 0.1) is 0 Å². The fourth-order valence-electron chi connectivity index (χ4n) is 1.12. The van der Waals surface area contributed by atoms with Crippen LogP contribution in [0.5, 0.6) is 0 Å². The average molecular weight is 181 g/mol. The summed E-state index contributed by atoms with van der Waals surface area (Å²) in [4.78, 5) is 0. The normalized spacial score (nSPS) is 15.3. The maximum atomic E-state index is 9.16. The fraction of sp³-hybridized carbons (Fsp3) is 0.400. The average Bonchev–Trinajstić information content (AvgIpc) is 2.19. The zero-order valence-electron chi connectivity index (χ0n) is 7.90. The first-order valence-corrected chi connectivity index (χ1v) is 4.26. The molecule has 2 atom stereocenters. The van der Waals surface area contributed by atoms with Gasteiger partial charge in [-0.2, -0.15) is 0 Å². The topological polar surface area (TPSA) is 41.5 Å². The lowest BCUT2D eigenvalue weighted by atomic mass is 10.1. The SMILES string of the molecule is COC(O)N[C@H](C)c1ccccc1. The Kier molecular flexibility index (Phi) is 3.89. The van der Waals surface area contributed by atoms with Gasteiger partial charge < -0.3 is 9.84 Å². The largest absolute Gasteiger partial charge is 0.356 e. The van der Waals surface area contributed by atoms with Crippen molar-refractivity contribution in [3.8, 4) is 0 Å². The van der Waals surface area contributed by atoms with Crippen molar-refractivity contribution in [3.05, 3.63) is 35.9 Å². The minimum absolute atomic E-state index is 0.0798. The molecule has 1 rings (SSSR count). The van der Waals surface area contributed by atoms with Gasteiger partial charge in [0.1, 0.15) is 0 Å². The van der Waals surface area contributed by atoms with Gasteiger partial charge in [0.25, 0.3) is 0 Å². The van der Waals surface area contributed by atoms with E-state index in [0.717, 1.165) is 5.56 Å². The standard InChI is InChI=1S/C10H15NO2/c1-8(11-10(12)13-2)9-6-4-3-5-7-9/h3-8,10-12H,1-2H3/t8-,10?/m1/s1. The van der Waals surface area contributed by atoms with E-state index >= 15 is 0 Å². The van der Waals surface area contributed by atoms with E-state index in [1.807, 2.05) is 37.3 Å². The third kappa shape index (κ3) is 3.14. The van der Waals surface area contributed by atoms with Gasteiger partial charge in [-0.25, -0.2) is 0 Å². The van der Waals surface area contributed by atoms with Crippen LogP contribution in [0.1, 0.15) is 18.5 Å². The summed E-state index contributed by atoms with van der Waals surface area (Å²) >= 11 is 0. The number of hydrogen-bond acceptors (Lipinski definition) is 3. The molecule has 3 nitrogen and oxygen atoms in total. The number of rotatable bonds is 4. The summed E-state index contributed by atoms with van der Waals surface area (Å²) in [6, 6.07) is 9.97. The molecule has 0 bridgehead atoms. The van der Waals surface area contributed by atoms with Crippen LogP contribution < -0.4 is 5.32 Å². The number of benzene rings is 1. The van der Waals surface area contributed by atoms with Crippen LogP contribution in [0.4, 0.5) is 0 Å². The third-order valence-corrected chi connectivity index (χ3v) is 1.92. The van der Waals surface area contributed by atoms with E-state index in [1.54, 1.807) is 0 Å². The summed E-state index contributed by atoms with van der Waals surface area (Å²) < 4.78 is 4.69. The summed E-state index contributed by atoms with van der Waals surface area (Å²) in [5.74, 6) is 0. The summed E-state index contributed by atoms with van der Waals surface area (Å²) in [6.07, 6.45) is -0.907. The highest BCUT2D eigenvalue weighted by Gasteiger charge is 2.08. The van der Waals surface area contributed by atoms with Crippen LogP contribution in [0.25, 0.3) is 0 Å². The van der Waals surface area contributed by atoms with Crippen LogP contribution in [0.2, 0.25) is 0 Å². The second kappa shape index (κ2) is 4.97. The van der Waals surface area contributed by atoms with Crippen molar-refractivity contribution in [1.82, 2.24) is 5.32 Å². The van der Waals surface area contributed by atoms with Crippen LogP contribution in [-0.2, 0) is 4.74 Å². The molecular formula is C10H15NO2. The molecule has 72 valence electrons. The molecule has 3 heteroatoms. The van der Waals surface area contributed by atoms with Crippen molar-refractivity contribution in [2.75, 3.05) is 7.11 Å².